The van der Waals surface area contributed by atoms with E-state index in [2.05, 4.69) is 10.4 Å². The molecule has 2 aromatic rings. The summed E-state index contributed by atoms with van der Waals surface area (Å²) in [4.78, 5) is 13.4. The van der Waals surface area contributed by atoms with Crippen LogP contribution >= 0.6 is 0 Å². The standard InChI is InChI=1S/C14H15F3N4O/c1-20(8-10-7-18-21(2)9-10)13(22)19-12-5-3-11(4-6-12)14(15,16)17/h3-7,9H,8H2,1-2H3,(H,19,22). The number of carbonyl (C=O) groups excluding carboxylic acids is 1. The predicted molar refractivity (Wildman–Crippen MR) is 75.1 cm³/mol. The summed E-state index contributed by atoms with van der Waals surface area (Å²) in [5, 5.41) is 6.54. The normalized spacial score (nSPS) is 11.3. The Kier molecular flexibility index (Phi) is 4.39. The Bertz CT molecular complexity index is 649. The van der Waals surface area contributed by atoms with Gasteiger partial charge in [0.25, 0.3) is 0 Å². The van der Waals surface area contributed by atoms with Gasteiger partial charge in [-0.25, -0.2) is 4.79 Å². The highest BCUT2D eigenvalue weighted by Gasteiger charge is 2.30. The molecule has 0 aliphatic heterocycles. The molecule has 0 atom stereocenters. The number of hydrogen-bond acceptors (Lipinski definition) is 2. The highest BCUT2D eigenvalue weighted by atomic mass is 19.4. The second-order valence-electron chi connectivity index (χ2n) is 4.88. The molecule has 1 aromatic carbocycles. The van der Waals surface area contributed by atoms with Gasteiger partial charge in [-0.2, -0.15) is 18.3 Å². The van der Waals surface area contributed by atoms with Gasteiger partial charge in [-0.05, 0) is 24.3 Å². The van der Waals surface area contributed by atoms with Gasteiger partial charge in [-0.15, -0.1) is 0 Å². The number of nitrogens with zero attached hydrogens (tertiary/aromatic N) is 3. The summed E-state index contributed by atoms with van der Waals surface area (Å²) in [6.45, 7) is 0.348. The maximum atomic E-state index is 12.5. The zero-order valence-corrected chi connectivity index (χ0v) is 12.1. The maximum absolute atomic E-state index is 12.5. The monoisotopic (exact) mass is 312 g/mol. The van der Waals surface area contributed by atoms with E-state index in [1.807, 2.05) is 0 Å². The van der Waals surface area contributed by atoms with Crippen molar-refractivity contribution in [2.75, 3.05) is 12.4 Å². The van der Waals surface area contributed by atoms with Crippen LogP contribution in [0.1, 0.15) is 11.1 Å². The minimum absolute atomic E-state index is 0.302. The number of rotatable bonds is 3. The molecule has 0 aliphatic rings. The fourth-order valence-corrected chi connectivity index (χ4v) is 1.86. The average molecular weight is 312 g/mol. The van der Waals surface area contributed by atoms with Crippen molar-refractivity contribution in [2.24, 2.45) is 7.05 Å². The Morgan fingerprint density at radius 3 is 2.45 bits per heavy atom. The van der Waals surface area contributed by atoms with Crippen LogP contribution in [-0.2, 0) is 19.8 Å². The lowest BCUT2D eigenvalue weighted by Gasteiger charge is -2.17. The number of nitrogens with one attached hydrogen (secondary N) is 1. The molecule has 0 aliphatic carbocycles. The zero-order chi connectivity index (χ0) is 16.3. The molecule has 0 unspecified atom stereocenters. The molecule has 2 rings (SSSR count). The molecule has 22 heavy (non-hydrogen) atoms. The van der Waals surface area contributed by atoms with Gasteiger partial charge in [0.15, 0.2) is 0 Å². The van der Waals surface area contributed by atoms with Crippen LogP contribution in [0.25, 0.3) is 0 Å². The molecule has 0 bridgehead atoms. The summed E-state index contributed by atoms with van der Waals surface area (Å²) < 4.78 is 39.0. The summed E-state index contributed by atoms with van der Waals surface area (Å²) in [6, 6.07) is 3.88. The Hall–Kier alpha value is -2.51. The summed E-state index contributed by atoms with van der Waals surface area (Å²) in [6.07, 6.45) is -0.969. The summed E-state index contributed by atoms with van der Waals surface area (Å²) in [5.74, 6) is 0. The summed E-state index contributed by atoms with van der Waals surface area (Å²) in [7, 11) is 3.36. The van der Waals surface area contributed by atoms with Gasteiger partial charge in [-0.1, -0.05) is 0 Å². The molecule has 1 aromatic heterocycles. The van der Waals surface area contributed by atoms with E-state index in [1.54, 1.807) is 31.2 Å². The minimum Gasteiger partial charge on any atom is -0.323 e. The first-order chi connectivity index (χ1) is 10.3. The molecule has 8 heteroatoms. The van der Waals surface area contributed by atoms with E-state index in [-0.39, 0.29) is 0 Å². The first-order valence-corrected chi connectivity index (χ1v) is 6.42. The molecule has 118 valence electrons. The van der Waals surface area contributed by atoms with Gasteiger partial charge in [0.05, 0.1) is 18.3 Å². The Balaban J connectivity index is 1.96. The molecule has 0 radical (unpaired) electrons. The second-order valence-corrected chi connectivity index (χ2v) is 4.88. The molecule has 5 nitrogen and oxygen atoms in total. The third kappa shape index (κ3) is 4.00. The molecular formula is C14H15F3N4O. The lowest BCUT2D eigenvalue weighted by atomic mass is 10.2. The van der Waals surface area contributed by atoms with E-state index in [0.717, 1.165) is 17.7 Å². The SMILES string of the molecule is CN(Cc1cnn(C)c1)C(=O)Nc1ccc(C(F)(F)F)cc1. The Morgan fingerprint density at radius 2 is 1.95 bits per heavy atom. The Morgan fingerprint density at radius 1 is 1.32 bits per heavy atom. The zero-order valence-electron chi connectivity index (χ0n) is 12.1. The molecule has 2 amide bonds. The van der Waals surface area contributed by atoms with Gasteiger partial charge >= 0.3 is 12.2 Å². The van der Waals surface area contributed by atoms with Crippen molar-refractivity contribution < 1.29 is 18.0 Å². The van der Waals surface area contributed by atoms with Gasteiger partial charge in [0, 0.05) is 31.5 Å². The average Bonchev–Trinajstić information content (AvgIpc) is 2.83. The first kappa shape index (κ1) is 15.9. The van der Waals surface area contributed by atoms with Crippen LogP contribution in [-0.4, -0.2) is 27.8 Å². The van der Waals surface area contributed by atoms with Crippen molar-refractivity contribution in [1.82, 2.24) is 14.7 Å². The van der Waals surface area contributed by atoms with Crippen LogP contribution in [0.4, 0.5) is 23.7 Å². The number of aryl methyl sites for hydroxylation is 1. The molecule has 0 saturated carbocycles. The van der Waals surface area contributed by atoms with Crippen molar-refractivity contribution in [2.45, 2.75) is 12.7 Å². The van der Waals surface area contributed by atoms with Gasteiger partial charge in [-0.3, -0.25) is 4.68 Å². The maximum Gasteiger partial charge on any atom is 0.416 e. The fourth-order valence-electron chi connectivity index (χ4n) is 1.86. The quantitative estimate of drug-likeness (QED) is 0.947. The van der Waals surface area contributed by atoms with Crippen LogP contribution in [0.3, 0.4) is 0 Å². The van der Waals surface area contributed by atoms with Crippen molar-refractivity contribution in [1.29, 1.82) is 0 Å². The fraction of sp³-hybridized carbons (Fsp3) is 0.286. The summed E-state index contributed by atoms with van der Waals surface area (Å²) in [5.41, 5.74) is 0.401. The predicted octanol–water partition coefficient (Wildman–Crippen LogP) is 3.10. The number of halogens is 3. The lowest BCUT2D eigenvalue weighted by molar-refractivity contribution is -0.137. The smallest absolute Gasteiger partial charge is 0.323 e. The number of anilines is 1. The van der Waals surface area contributed by atoms with E-state index in [9.17, 15) is 18.0 Å². The number of carbonyl (C=O) groups is 1. The van der Waals surface area contributed by atoms with E-state index >= 15 is 0 Å². The van der Waals surface area contributed by atoms with Crippen LogP contribution in [0.2, 0.25) is 0 Å². The Labute approximate surface area is 125 Å². The van der Waals surface area contributed by atoms with E-state index in [1.165, 1.54) is 17.0 Å². The van der Waals surface area contributed by atoms with Crippen molar-refractivity contribution in [3.63, 3.8) is 0 Å². The van der Waals surface area contributed by atoms with E-state index in [0.29, 0.717) is 12.2 Å². The van der Waals surface area contributed by atoms with E-state index < -0.39 is 17.8 Å². The minimum atomic E-state index is -4.39. The third-order valence-corrected chi connectivity index (χ3v) is 2.99. The molecule has 1 heterocycles. The number of hydrogen-bond donors (Lipinski definition) is 1. The van der Waals surface area contributed by atoms with Gasteiger partial charge in [0.1, 0.15) is 0 Å². The van der Waals surface area contributed by atoms with Crippen LogP contribution in [0.5, 0.6) is 0 Å². The highest BCUT2D eigenvalue weighted by Crippen LogP contribution is 2.29. The second kappa shape index (κ2) is 6.08. The largest absolute Gasteiger partial charge is 0.416 e. The topological polar surface area (TPSA) is 50.2 Å². The van der Waals surface area contributed by atoms with Crippen LogP contribution in [0.15, 0.2) is 36.7 Å². The first-order valence-electron chi connectivity index (χ1n) is 6.42. The number of aromatic nitrogens is 2. The molecular weight excluding hydrogens is 297 g/mol. The number of benzene rings is 1. The van der Waals surface area contributed by atoms with Crippen molar-refractivity contribution in [3.05, 3.63) is 47.8 Å². The van der Waals surface area contributed by atoms with Gasteiger partial charge in [0.2, 0.25) is 0 Å². The van der Waals surface area contributed by atoms with Crippen molar-refractivity contribution in [3.8, 4) is 0 Å². The summed E-state index contributed by atoms with van der Waals surface area (Å²) >= 11 is 0. The molecule has 0 saturated heterocycles. The van der Waals surface area contributed by atoms with E-state index in [4.69, 9.17) is 0 Å². The van der Waals surface area contributed by atoms with Crippen LogP contribution in [0, 0.1) is 0 Å². The molecule has 1 N–H and O–H groups in total. The lowest BCUT2D eigenvalue weighted by Crippen LogP contribution is -2.30. The van der Waals surface area contributed by atoms with Crippen molar-refractivity contribution >= 4 is 11.7 Å². The number of amides is 2. The van der Waals surface area contributed by atoms with Crippen LogP contribution < -0.4 is 5.32 Å². The number of alkyl halides is 3. The third-order valence-electron chi connectivity index (χ3n) is 2.99. The molecule has 0 fully saturated rings. The number of urea groups is 1. The van der Waals surface area contributed by atoms with Gasteiger partial charge < -0.3 is 10.2 Å². The molecule has 0 spiro atoms. The highest BCUT2D eigenvalue weighted by molar-refractivity contribution is 5.89.